The molecule has 314 valence electrons. The fraction of sp³-hybridized carbons (Fsp3) is 0.0149. The van der Waals surface area contributed by atoms with Crippen LogP contribution in [-0.4, -0.2) is 0 Å². The summed E-state index contributed by atoms with van der Waals surface area (Å²) in [6.45, 7) is 0. The molecule has 0 bridgehead atoms. The predicted molar refractivity (Wildman–Crippen MR) is 288 cm³/mol. The van der Waals surface area contributed by atoms with E-state index in [1.807, 2.05) is 0 Å². The standard InChI is InChI=1S/C67H41N/c1-3-19-47-42(16-1)18-15-28-49(47)61-40-60-57-27-11-14-31-64(57)67(62-29-12-9-25-55(62)56-26-10-13-30-63(56)67)65(60)41-66(61)68(45-35-34-44-33-32-43-17-2-4-20-48(43)58(44)38-45)46-36-37-54-52-23-6-5-21-50(52)51-22-7-8-24-53(51)59(54)39-46/h1-41H. The van der Waals surface area contributed by atoms with Crippen LogP contribution in [0.4, 0.5) is 17.1 Å². The van der Waals surface area contributed by atoms with Crippen LogP contribution in [0.1, 0.15) is 22.3 Å². The highest BCUT2D eigenvalue weighted by Gasteiger charge is 2.52. The number of benzene rings is 13. The van der Waals surface area contributed by atoms with Gasteiger partial charge in [-0.15, -0.1) is 0 Å². The van der Waals surface area contributed by atoms with Gasteiger partial charge in [0.15, 0.2) is 0 Å². The topological polar surface area (TPSA) is 3.24 Å². The molecule has 0 amide bonds. The first-order valence-corrected chi connectivity index (χ1v) is 23.7. The van der Waals surface area contributed by atoms with E-state index in [1.54, 1.807) is 0 Å². The highest BCUT2D eigenvalue weighted by molar-refractivity contribution is 6.26. The number of nitrogens with zero attached hydrogens (tertiary/aromatic N) is 1. The van der Waals surface area contributed by atoms with Gasteiger partial charge >= 0.3 is 0 Å². The van der Waals surface area contributed by atoms with Gasteiger partial charge in [-0.3, -0.25) is 0 Å². The zero-order valence-electron chi connectivity index (χ0n) is 37.1. The van der Waals surface area contributed by atoms with Crippen LogP contribution in [0.2, 0.25) is 0 Å². The molecule has 13 aromatic carbocycles. The third-order valence-electron chi connectivity index (χ3n) is 15.4. The lowest BCUT2D eigenvalue weighted by Gasteiger charge is -2.33. The van der Waals surface area contributed by atoms with Crippen LogP contribution >= 0.6 is 0 Å². The van der Waals surface area contributed by atoms with Crippen LogP contribution in [0, 0.1) is 0 Å². The lowest BCUT2D eigenvalue weighted by Crippen LogP contribution is -2.26. The van der Waals surface area contributed by atoms with Gasteiger partial charge in [0.05, 0.1) is 11.1 Å². The molecule has 68 heavy (non-hydrogen) atoms. The molecule has 0 fully saturated rings. The number of hydrogen-bond acceptors (Lipinski definition) is 1. The van der Waals surface area contributed by atoms with Gasteiger partial charge in [0.1, 0.15) is 0 Å². The second-order valence-corrected chi connectivity index (χ2v) is 18.7. The Labute approximate surface area is 394 Å². The Kier molecular flexibility index (Phi) is 7.77. The van der Waals surface area contributed by atoms with E-state index in [9.17, 15) is 0 Å². The van der Waals surface area contributed by atoms with Crippen molar-refractivity contribution in [1.82, 2.24) is 0 Å². The Hall–Kier alpha value is -8.78. The molecule has 2 aliphatic rings. The summed E-state index contributed by atoms with van der Waals surface area (Å²) in [6.07, 6.45) is 0. The van der Waals surface area contributed by atoms with Crippen molar-refractivity contribution < 1.29 is 0 Å². The maximum absolute atomic E-state index is 2.58. The quantitative estimate of drug-likeness (QED) is 0.159. The molecule has 0 unspecified atom stereocenters. The number of anilines is 3. The average molecular weight is 860 g/mol. The molecule has 0 atom stereocenters. The monoisotopic (exact) mass is 859 g/mol. The Bertz CT molecular complexity index is 4200. The van der Waals surface area contributed by atoms with Crippen molar-refractivity contribution in [3.8, 4) is 33.4 Å². The third-order valence-corrected chi connectivity index (χ3v) is 15.4. The van der Waals surface area contributed by atoms with E-state index in [0.29, 0.717) is 0 Å². The van der Waals surface area contributed by atoms with Crippen LogP contribution in [0.25, 0.3) is 98.0 Å². The van der Waals surface area contributed by atoms with E-state index >= 15 is 0 Å². The SMILES string of the molecule is c1ccc2c(c1)-c1ccccc1C21c2ccccc2-c2cc(-c3cccc4ccccc34)c(N(c3ccc4ccc5ccccc5c4c3)c3ccc4c5ccccc5c5ccccc5c4c3)cc21. The van der Waals surface area contributed by atoms with Crippen LogP contribution in [0.5, 0.6) is 0 Å². The molecule has 15 rings (SSSR count). The predicted octanol–water partition coefficient (Wildman–Crippen LogP) is 18.1. The van der Waals surface area contributed by atoms with Crippen molar-refractivity contribution in [3.63, 3.8) is 0 Å². The van der Waals surface area contributed by atoms with Crippen molar-refractivity contribution in [2.24, 2.45) is 0 Å². The maximum atomic E-state index is 2.58. The van der Waals surface area contributed by atoms with Gasteiger partial charge in [0.25, 0.3) is 0 Å². The van der Waals surface area contributed by atoms with Crippen molar-refractivity contribution in [1.29, 1.82) is 0 Å². The molecule has 1 nitrogen and oxygen atoms in total. The molecule has 0 N–H and O–H groups in total. The van der Waals surface area contributed by atoms with E-state index in [4.69, 9.17) is 0 Å². The van der Waals surface area contributed by atoms with E-state index in [-0.39, 0.29) is 0 Å². The van der Waals surface area contributed by atoms with Crippen LogP contribution in [0.15, 0.2) is 249 Å². The minimum atomic E-state index is -0.519. The molecule has 2 aliphatic carbocycles. The Balaban J connectivity index is 1.11. The van der Waals surface area contributed by atoms with Crippen LogP contribution < -0.4 is 4.90 Å². The molecule has 1 spiro atoms. The van der Waals surface area contributed by atoms with E-state index in [2.05, 4.69) is 254 Å². The molecule has 0 saturated carbocycles. The summed E-state index contributed by atoms with van der Waals surface area (Å²) in [6, 6.07) is 93.7. The van der Waals surface area contributed by atoms with Crippen molar-refractivity contribution >= 4 is 81.7 Å². The largest absolute Gasteiger partial charge is 0.310 e. The molecule has 0 heterocycles. The van der Waals surface area contributed by atoms with Gasteiger partial charge in [-0.2, -0.15) is 0 Å². The van der Waals surface area contributed by atoms with Crippen LogP contribution in [0.3, 0.4) is 0 Å². The Morgan fingerprint density at radius 2 is 0.632 bits per heavy atom. The number of rotatable bonds is 4. The lowest BCUT2D eigenvalue weighted by atomic mass is 9.70. The molecular formula is C67H41N. The maximum Gasteiger partial charge on any atom is 0.0726 e. The van der Waals surface area contributed by atoms with Gasteiger partial charge in [-0.1, -0.05) is 212 Å². The van der Waals surface area contributed by atoms with Crippen molar-refractivity contribution in [2.75, 3.05) is 4.90 Å². The molecular weight excluding hydrogens is 819 g/mol. The molecule has 0 aromatic heterocycles. The summed E-state index contributed by atoms with van der Waals surface area (Å²) in [7, 11) is 0. The first kappa shape index (κ1) is 37.4. The third kappa shape index (κ3) is 5.05. The van der Waals surface area contributed by atoms with E-state index < -0.39 is 5.41 Å². The summed E-state index contributed by atoms with van der Waals surface area (Å²) < 4.78 is 0. The minimum absolute atomic E-state index is 0.519. The molecule has 1 heteroatoms. The average Bonchev–Trinajstić information content (AvgIpc) is 3.87. The summed E-state index contributed by atoms with van der Waals surface area (Å²) in [5, 5.41) is 15.0. The van der Waals surface area contributed by atoms with Crippen LogP contribution in [-0.2, 0) is 5.41 Å². The zero-order valence-corrected chi connectivity index (χ0v) is 37.1. The Morgan fingerprint density at radius 1 is 0.221 bits per heavy atom. The summed E-state index contributed by atoms with van der Waals surface area (Å²) in [4.78, 5) is 2.57. The Morgan fingerprint density at radius 3 is 1.26 bits per heavy atom. The second kappa shape index (κ2) is 14.1. The van der Waals surface area contributed by atoms with Gasteiger partial charge in [-0.25, -0.2) is 0 Å². The van der Waals surface area contributed by atoms with Crippen molar-refractivity contribution in [2.45, 2.75) is 5.41 Å². The van der Waals surface area contributed by atoms with Gasteiger partial charge < -0.3 is 4.90 Å². The van der Waals surface area contributed by atoms with E-state index in [1.165, 1.54) is 120 Å². The van der Waals surface area contributed by atoms with E-state index in [0.717, 1.165) is 17.1 Å². The summed E-state index contributed by atoms with van der Waals surface area (Å²) in [5.41, 5.74) is 15.7. The smallest absolute Gasteiger partial charge is 0.0726 e. The van der Waals surface area contributed by atoms with Gasteiger partial charge in [0.2, 0.25) is 0 Å². The molecule has 0 saturated heterocycles. The first-order valence-electron chi connectivity index (χ1n) is 23.7. The highest BCUT2D eigenvalue weighted by atomic mass is 15.1. The van der Waals surface area contributed by atoms with Gasteiger partial charge in [0, 0.05) is 16.9 Å². The second-order valence-electron chi connectivity index (χ2n) is 18.7. The minimum Gasteiger partial charge on any atom is -0.310 e. The fourth-order valence-electron chi connectivity index (χ4n) is 12.6. The number of fused-ring (bicyclic) bond motifs is 20. The molecule has 0 aliphatic heterocycles. The summed E-state index contributed by atoms with van der Waals surface area (Å²) in [5.74, 6) is 0. The van der Waals surface area contributed by atoms with Crippen molar-refractivity contribution in [3.05, 3.63) is 271 Å². The number of hydrogen-bond donors (Lipinski definition) is 0. The summed E-state index contributed by atoms with van der Waals surface area (Å²) >= 11 is 0. The lowest BCUT2D eigenvalue weighted by molar-refractivity contribution is 0.794. The highest BCUT2D eigenvalue weighted by Crippen LogP contribution is 2.64. The molecule has 0 radical (unpaired) electrons. The molecule has 13 aromatic rings. The zero-order chi connectivity index (χ0) is 44.5. The fourth-order valence-corrected chi connectivity index (χ4v) is 12.6. The van der Waals surface area contributed by atoms with Gasteiger partial charge in [-0.05, 0) is 151 Å². The first-order chi connectivity index (χ1) is 33.7. The normalized spacial score (nSPS) is 13.1.